The van der Waals surface area contributed by atoms with Crippen molar-refractivity contribution in [3.05, 3.63) is 59.8 Å². The molecule has 0 aliphatic heterocycles. The molecule has 7 nitrogen and oxygen atoms in total. The Morgan fingerprint density at radius 2 is 1.83 bits per heavy atom. The van der Waals surface area contributed by atoms with Gasteiger partial charge in [0, 0.05) is 29.9 Å². The predicted molar refractivity (Wildman–Crippen MR) is 138 cm³/mol. The van der Waals surface area contributed by atoms with E-state index in [4.69, 9.17) is 9.72 Å². The number of hydrogen-bond acceptors (Lipinski definition) is 4. The van der Waals surface area contributed by atoms with Gasteiger partial charge >= 0.3 is 0 Å². The van der Waals surface area contributed by atoms with Crippen LogP contribution in [-0.4, -0.2) is 46.0 Å². The van der Waals surface area contributed by atoms with E-state index in [1.54, 1.807) is 12.0 Å². The zero-order valence-corrected chi connectivity index (χ0v) is 21.2. The molecule has 1 fully saturated rings. The molecule has 1 aliphatic rings. The van der Waals surface area contributed by atoms with Crippen LogP contribution in [0.2, 0.25) is 0 Å². The number of aryl methyl sites for hydroxylation is 2. The number of nitrogens with zero attached hydrogens (tertiary/aromatic N) is 3. The Morgan fingerprint density at radius 1 is 1.11 bits per heavy atom. The van der Waals surface area contributed by atoms with Crippen LogP contribution in [0.1, 0.15) is 44.2 Å². The highest BCUT2D eigenvalue weighted by molar-refractivity contribution is 5.94. The Morgan fingerprint density at radius 3 is 2.43 bits per heavy atom. The Kier molecular flexibility index (Phi) is 7.24. The van der Waals surface area contributed by atoms with Crippen LogP contribution >= 0.6 is 0 Å². The van der Waals surface area contributed by atoms with Gasteiger partial charge in [0.05, 0.1) is 12.8 Å². The van der Waals surface area contributed by atoms with Crippen LogP contribution in [0.5, 0.6) is 5.75 Å². The molecule has 1 heterocycles. The summed E-state index contributed by atoms with van der Waals surface area (Å²) in [5.74, 6) is 1.24. The molecule has 184 valence electrons. The van der Waals surface area contributed by atoms with Crippen LogP contribution in [0.15, 0.2) is 48.7 Å². The van der Waals surface area contributed by atoms with Crippen molar-refractivity contribution in [2.75, 3.05) is 19.0 Å². The third-order valence-corrected chi connectivity index (χ3v) is 6.32. The summed E-state index contributed by atoms with van der Waals surface area (Å²) in [4.78, 5) is 32.3. The molecule has 0 spiro atoms. The molecule has 1 aliphatic carbocycles. The predicted octanol–water partition coefficient (Wildman–Crippen LogP) is 5.14. The van der Waals surface area contributed by atoms with Crippen LogP contribution in [0.3, 0.4) is 0 Å². The lowest BCUT2D eigenvalue weighted by Crippen LogP contribution is -2.40. The van der Waals surface area contributed by atoms with Crippen molar-refractivity contribution in [1.82, 2.24) is 14.5 Å². The number of benzene rings is 2. The van der Waals surface area contributed by atoms with E-state index in [-0.39, 0.29) is 30.3 Å². The van der Waals surface area contributed by atoms with Gasteiger partial charge in [-0.1, -0.05) is 19.9 Å². The van der Waals surface area contributed by atoms with Gasteiger partial charge in [-0.15, -0.1) is 0 Å². The van der Waals surface area contributed by atoms with Crippen molar-refractivity contribution in [3.63, 3.8) is 0 Å². The highest BCUT2D eigenvalue weighted by Crippen LogP contribution is 2.29. The summed E-state index contributed by atoms with van der Waals surface area (Å²) in [7, 11) is 1.63. The first-order valence-electron chi connectivity index (χ1n) is 12.2. The second-order valence-corrected chi connectivity index (χ2v) is 9.72. The fraction of sp³-hybridized carbons (Fsp3) is 0.393. The lowest BCUT2D eigenvalue weighted by atomic mass is 10.1. The second kappa shape index (κ2) is 10.3. The van der Waals surface area contributed by atoms with Crippen molar-refractivity contribution in [3.8, 4) is 22.7 Å². The smallest absolute Gasteiger partial charge is 0.246 e. The first kappa shape index (κ1) is 24.5. The summed E-state index contributed by atoms with van der Waals surface area (Å²) in [6.07, 6.45) is 4.28. The first-order chi connectivity index (χ1) is 16.7. The van der Waals surface area contributed by atoms with Crippen LogP contribution in [-0.2, 0) is 9.59 Å². The molecule has 35 heavy (non-hydrogen) atoms. The zero-order chi connectivity index (χ0) is 25.1. The molecule has 7 heteroatoms. The molecule has 3 aromatic rings. The summed E-state index contributed by atoms with van der Waals surface area (Å²) in [6.45, 7) is 8.20. The molecular weight excluding hydrogens is 440 g/mol. The molecule has 0 atom stereocenters. The van der Waals surface area contributed by atoms with E-state index >= 15 is 0 Å². The minimum absolute atomic E-state index is 0.0356. The number of methoxy groups -OCH3 is 1. The van der Waals surface area contributed by atoms with Crippen LogP contribution < -0.4 is 10.1 Å². The molecule has 1 saturated carbocycles. The Balaban J connectivity index is 1.62. The largest absolute Gasteiger partial charge is 0.497 e. The number of ether oxygens (including phenoxy) is 1. The quantitative estimate of drug-likeness (QED) is 0.466. The van der Waals surface area contributed by atoms with Gasteiger partial charge in [0.25, 0.3) is 0 Å². The minimum Gasteiger partial charge on any atom is -0.497 e. The van der Waals surface area contributed by atoms with Gasteiger partial charge < -0.3 is 9.64 Å². The van der Waals surface area contributed by atoms with Crippen LogP contribution in [0, 0.1) is 19.8 Å². The monoisotopic (exact) mass is 474 g/mol. The molecule has 0 bridgehead atoms. The van der Waals surface area contributed by atoms with E-state index in [2.05, 4.69) is 31.3 Å². The summed E-state index contributed by atoms with van der Waals surface area (Å²) in [5.41, 5.74) is 4.90. The van der Waals surface area contributed by atoms with E-state index in [1.807, 2.05) is 54.9 Å². The van der Waals surface area contributed by atoms with Gasteiger partial charge in [-0.2, -0.15) is 0 Å². The maximum absolute atomic E-state index is 13.1. The van der Waals surface area contributed by atoms with Gasteiger partial charge in [-0.3, -0.25) is 19.5 Å². The van der Waals surface area contributed by atoms with Gasteiger partial charge in [0.1, 0.15) is 12.3 Å². The molecule has 1 N–H and O–H groups in total. The Labute approximate surface area is 207 Å². The lowest BCUT2D eigenvalue weighted by molar-refractivity contribution is -0.135. The maximum atomic E-state index is 13.1. The summed E-state index contributed by atoms with van der Waals surface area (Å²) >= 11 is 0. The fourth-order valence-electron chi connectivity index (χ4n) is 4.03. The number of rotatable bonds is 9. The van der Waals surface area contributed by atoms with Crippen LogP contribution in [0.4, 0.5) is 5.95 Å². The number of aromatic nitrogens is 2. The van der Waals surface area contributed by atoms with Gasteiger partial charge in [-0.25, -0.2) is 4.98 Å². The molecule has 2 amide bonds. The summed E-state index contributed by atoms with van der Waals surface area (Å²) in [5, 5.41) is 2.97. The van der Waals surface area contributed by atoms with Gasteiger partial charge in [0.2, 0.25) is 17.8 Å². The third-order valence-electron chi connectivity index (χ3n) is 6.32. The third kappa shape index (κ3) is 5.91. The molecule has 0 saturated heterocycles. The highest BCUT2D eigenvalue weighted by atomic mass is 16.5. The molecule has 1 aromatic heterocycles. The molecule has 0 radical (unpaired) electrons. The number of anilines is 1. The normalized spacial score (nSPS) is 13.1. The Hall–Kier alpha value is -3.61. The van der Waals surface area contributed by atoms with Gasteiger partial charge in [0.15, 0.2) is 0 Å². The van der Waals surface area contributed by atoms with Crippen molar-refractivity contribution in [1.29, 1.82) is 0 Å². The van der Waals surface area contributed by atoms with Crippen molar-refractivity contribution in [2.24, 2.45) is 5.92 Å². The van der Waals surface area contributed by atoms with E-state index in [9.17, 15) is 9.59 Å². The van der Waals surface area contributed by atoms with Crippen molar-refractivity contribution in [2.45, 2.75) is 53.0 Å². The van der Waals surface area contributed by atoms with Gasteiger partial charge in [-0.05, 0) is 80.1 Å². The minimum atomic E-state index is -0.244. The SMILES string of the molecule is COc1ccc(-c2cn(-c3ccc(C)c(C)c3)c(NC(=O)CN(C(=O)CC(C)C)C3CC3)n2)cc1. The average molecular weight is 475 g/mol. The zero-order valence-electron chi connectivity index (χ0n) is 21.2. The number of imidazole rings is 1. The van der Waals surface area contributed by atoms with Crippen molar-refractivity contribution < 1.29 is 14.3 Å². The van der Waals surface area contributed by atoms with E-state index in [1.165, 1.54) is 5.56 Å². The number of carbonyl (C=O) groups excluding carboxylic acids is 2. The number of amides is 2. The molecule has 0 unspecified atom stereocenters. The highest BCUT2D eigenvalue weighted by Gasteiger charge is 2.34. The second-order valence-electron chi connectivity index (χ2n) is 9.72. The van der Waals surface area contributed by atoms with Crippen LogP contribution in [0.25, 0.3) is 16.9 Å². The number of carbonyl (C=O) groups is 2. The van der Waals surface area contributed by atoms with E-state index in [0.717, 1.165) is 41.1 Å². The standard InChI is InChI=1S/C28H34N4O3/c1-18(2)14-27(34)31(22-10-11-22)17-26(33)30-28-29-25(21-7-12-24(35-5)13-8-21)16-32(28)23-9-6-19(3)20(4)15-23/h6-9,12-13,15-16,18,22H,10-11,14,17H2,1-5H3,(H,29,30,33). The molecular formula is C28H34N4O3. The topological polar surface area (TPSA) is 76.5 Å². The lowest BCUT2D eigenvalue weighted by Gasteiger charge is -2.22. The van der Waals surface area contributed by atoms with Crippen molar-refractivity contribution >= 4 is 17.8 Å². The molecule has 2 aromatic carbocycles. The summed E-state index contributed by atoms with van der Waals surface area (Å²) < 4.78 is 7.16. The Bertz CT molecular complexity index is 1210. The fourth-order valence-corrected chi connectivity index (χ4v) is 4.03. The first-order valence-corrected chi connectivity index (χ1v) is 12.2. The molecule has 4 rings (SSSR count). The summed E-state index contributed by atoms with van der Waals surface area (Å²) in [6, 6.07) is 14.0. The van der Waals surface area contributed by atoms with E-state index in [0.29, 0.717) is 12.4 Å². The maximum Gasteiger partial charge on any atom is 0.246 e. The van der Waals surface area contributed by atoms with E-state index < -0.39 is 0 Å². The number of hydrogen-bond donors (Lipinski definition) is 1. The average Bonchev–Trinajstić information content (AvgIpc) is 3.58. The number of nitrogens with one attached hydrogen (secondary N) is 1.